The van der Waals surface area contributed by atoms with E-state index in [1.54, 1.807) is 13.8 Å². The molecule has 0 saturated heterocycles. The van der Waals surface area contributed by atoms with Crippen LogP contribution in [0.25, 0.3) is 0 Å². The summed E-state index contributed by atoms with van der Waals surface area (Å²) in [5.41, 5.74) is 0.955. The van der Waals surface area contributed by atoms with E-state index in [4.69, 9.17) is 5.11 Å². The molecule has 3 heteroatoms. The van der Waals surface area contributed by atoms with Gasteiger partial charge in [-0.2, -0.15) is 0 Å². The zero-order chi connectivity index (χ0) is 12.8. The molecule has 3 nitrogen and oxygen atoms in total. The molecule has 0 aromatic heterocycles. The number of carbonyl (C=O) groups is 2. The second-order valence-corrected chi connectivity index (χ2v) is 4.55. The van der Waals surface area contributed by atoms with Crippen molar-refractivity contribution in [3.8, 4) is 0 Å². The van der Waals surface area contributed by atoms with Gasteiger partial charge in [-0.3, -0.25) is 9.59 Å². The molecule has 0 unspecified atom stereocenters. The Balaban J connectivity index is 2.68. The van der Waals surface area contributed by atoms with Crippen molar-refractivity contribution in [2.45, 2.75) is 26.7 Å². The molecule has 1 aromatic rings. The lowest BCUT2D eigenvalue weighted by atomic mass is 9.91. The first-order valence-corrected chi connectivity index (χ1v) is 5.80. The smallest absolute Gasteiger partial charge is 0.307 e. The molecule has 0 fully saturated rings. The minimum absolute atomic E-state index is 0.00771. The van der Waals surface area contributed by atoms with Gasteiger partial charge in [-0.05, 0) is 12.0 Å². The van der Waals surface area contributed by atoms with Gasteiger partial charge >= 0.3 is 5.97 Å². The highest BCUT2D eigenvalue weighted by atomic mass is 16.4. The van der Waals surface area contributed by atoms with E-state index in [0.717, 1.165) is 5.56 Å². The third kappa shape index (κ3) is 4.39. The van der Waals surface area contributed by atoms with Gasteiger partial charge in [0.25, 0.3) is 0 Å². The highest BCUT2D eigenvalue weighted by Crippen LogP contribution is 2.15. The van der Waals surface area contributed by atoms with Gasteiger partial charge in [0.05, 0.1) is 5.92 Å². The van der Waals surface area contributed by atoms with Crippen molar-refractivity contribution in [3.05, 3.63) is 35.9 Å². The van der Waals surface area contributed by atoms with E-state index in [0.29, 0.717) is 6.42 Å². The fourth-order valence-corrected chi connectivity index (χ4v) is 1.62. The molecule has 0 spiro atoms. The fraction of sp³-hybridized carbons (Fsp3) is 0.429. The number of carboxylic acid groups (broad SMARTS) is 1. The minimum Gasteiger partial charge on any atom is -0.481 e. The van der Waals surface area contributed by atoms with E-state index in [2.05, 4.69) is 0 Å². The SMILES string of the molecule is CC(C)C(=O)C[C@H](Cc1ccccc1)C(=O)O. The molecule has 1 rings (SSSR count). The molecule has 92 valence electrons. The van der Waals surface area contributed by atoms with Crippen LogP contribution in [0.15, 0.2) is 30.3 Å². The number of rotatable bonds is 6. The van der Waals surface area contributed by atoms with Crippen LogP contribution in [0.5, 0.6) is 0 Å². The Morgan fingerprint density at radius 2 is 1.76 bits per heavy atom. The summed E-state index contributed by atoms with van der Waals surface area (Å²) < 4.78 is 0. The average molecular weight is 234 g/mol. The van der Waals surface area contributed by atoms with Gasteiger partial charge in [0.2, 0.25) is 0 Å². The van der Waals surface area contributed by atoms with Crippen LogP contribution in [0.1, 0.15) is 25.8 Å². The van der Waals surface area contributed by atoms with Gasteiger partial charge in [-0.25, -0.2) is 0 Å². The monoisotopic (exact) mass is 234 g/mol. The number of hydrogen-bond donors (Lipinski definition) is 1. The summed E-state index contributed by atoms with van der Waals surface area (Å²) in [5.74, 6) is -1.61. The van der Waals surface area contributed by atoms with E-state index < -0.39 is 11.9 Å². The van der Waals surface area contributed by atoms with Crippen molar-refractivity contribution in [2.75, 3.05) is 0 Å². The molecular weight excluding hydrogens is 216 g/mol. The van der Waals surface area contributed by atoms with E-state index >= 15 is 0 Å². The van der Waals surface area contributed by atoms with Crippen molar-refractivity contribution in [2.24, 2.45) is 11.8 Å². The summed E-state index contributed by atoms with van der Waals surface area (Å²) in [4.78, 5) is 22.7. The predicted molar refractivity (Wildman–Crippen MR) is 65.7 cm³/mol. The van der Waals surface area contributed by atoms with Crippen LogP contribution >= 0.6 is 0 Å². The number of ketones is 1. The molecule has 0 bridgehead atoms. The minimum atomic E-state index is -0.900. The zero-order valence-electron chi connectivity index (χ0n) is 10.2. The Kier molecular flexibility index (Phi) is 4.88. The van der Waals surface area contributed by atoms with Crippen molar-refractivity contribution >= 4 is 11.8 Å². The van der Waals surface area contributed by atoms with Crippen molar-refractivity contribution < 1.29 is 14.7 Å². The number of carbonyl (C=O) groups excluding carboxylic acids is 1. The summed E-state index contributed by atoms with van der Waals surface area (Å²) in [5, 5.41) is 9.11. The predicted octanol–water partition coefficient (Wildman–Crippen LogP) is 2.55. The molecule has 0 radical (unpaired) electrons. The van der Waals surface area contributed by atoms with Crippen molar-refractivity contribution in [1.29, 1.82) is 0 Å². The average Bonchev–Trinajstić information content (AvgIpc) is 2.29. The van der Waals surface area contributed by atoms with E-state index in [1.807, 2.05) is 30.3 Å². The number of hydrogen-bond acceptors (Lipinski definition) is 2. The Labute approximate surface area is 101 Å². The second-order valence-electron chi connectivity index (χ2n) is 4.55. The fourth-order valence-electron chi connectivity index (χ4n) is 1.62. The molecule has 1 aromatic carbocycles. The highest BCUT2D eigenvalue weighted by Gasteiger charge is 2.22. The maximum absolute atomic E-state index is 11.6. The topological polar surface area (TPSA) is 54.4 Å². The Morgan fingerprint density at radius 1 is 1.18 bits per heavy atom. The quantitative estimate of drug-likeness (QED) is 0.823. The molecule has 0 aliphatic heterocycles. The molecule has 1 N–H and O–H groups in total. The number of Topliss-reactive ketones (excluding diaryl/α,β-unsaturated/α-hetero) is 1. The molecule has 0 heterocycles. The Hall–Kier alpha value is -1.64. The maximum atomic E-state index is 11.6. The Bertz CT molecular complexity index is 382. The molecular formula is C14H18O3. The van der Waals surface area contributed by atoms with Gasteiger partial charge in [0.1, 0.15) is 5.78 Å². The third-order valence-corrected chi connectivity index (χ3v) is 2.77. The molecule has 0 amide bonds. The molecule has 1 atom stereocenters. The number of aliphatic carboxylic acids is 1. The van der Waals surface area contributed by atoms with Gasteiger partial charge in [0, 0.05) is 12.3 Å². The molecule has 0 saturated carbocycles. The molecule has 0 aliphatic rings. The van der Waals surface area contributed by atoms with E-state index in [1.165, 1.54) is 0 Å². The van der Waals surface area contributed by atoms with Gasteiger partial charge < -0.3 is 5.11 Å². The second kappa shape index (κ2) is 6.18. The largest absolute Gasteiger partial charge is 0.481 e. The van der Waals surface area contributed by atoms with Gasteiger partial charge in [0.15, 0.2) is 0 Å². The summed E-state index contributed by atoms with van der Waals surface area (Å²) in [6.07, 6.45) is 0.524. The summed E-state index contributed by atoms with van der Waals surface area (Å²) in [6, 6.07) is 9.40. The lowest BCUT2D eigenvalue weighted by Crippen LogP contribution is -2.22. The lowest BCUT2D eigenvalue weighted by molar-refractivity contribution is -0.144. The third-order valence-electron chi connectivity index (χ3n) is 2.77. The van der Waals surface area contributed by atoms with E-state index in [-0.39, 0.29) is 18.1 Å². The first-order valence-electron chi connectivity index (χ1n) is 5.80. The van der Waals surface area contributed by atoms with Gasteiger partial charge in [-0.1, -0.05) is 44.2 Å². The van der Waals surface area contributed by atoms with Crippen LogP contribution < -0.4 is 0 Å². The zero-order valence-corrected chi connectivity index (χ0v) is 10.2. The van der Waals surface area contributed by atoms with Crippen LogP contribution in [-0.4, -0.2) is 16.9 Å². The maximum Gasteiger partial charge on any atom is 0.307 e. The summed E-state index contributed by atoms with van der Waals surface area (Å²) >= 11 is 0. The molecule has 17 heavy (non-hydrogen) atoms. The summed E-state index contributed by atoms with van der Waals surface area (Å²) in [6.45, 7) is 3.59. The van der Waals surface area contributed by atoms with Crippen LogP contribution in [0, 0.1) is 11.8 Å². The first kappa shape index (κ1) is 13.4. The first-order chi connectivity index (χ1) is 8.00. The molecule has 0 aliphatic carbocycles. The number of benzene rings is 1. The van der Waals surface area contributed by atoms with Crippen LogP contribution in [0.4, 0.5) is 0 Å². The number of carboxylic acids is 1. The van der Waals surface area contributed by atoms with Crippen molar-refractivity contribution in [3.63, 3.8) is 0 Å². The van der Waals surface area contributed by atoms with Crippen LogP contribution in [0.3, 0.4) is 0 Å². The lowest BCUT2D eigenvalue weighted by Gasteiger charge is -2.13. The van der Waals surface area contributed by atoms with Crippen LogP contribution in [-0.2, 0) is 16.0 Å². The standard InChI is InChI=1S/C14H18O3/c1-10(2)13(15)9-12(14(16)17)8-11-6-4-3-5-7-11/h3-7,10,12H,8-9H2,1-2H3,(H,16,17)/t12-/m0/s1. The van der Waals surface area contributed by atoms with E-state index in [9.17, 15) is 9.59 Å². The normalized spacial score (nSPS) is 12.4. The van der Waals surface area contributed by atoms with Crippen LogP contribution in [0.2, 0.25) is 0 Å². The Morgan fingerprint density at radius 3 is 2.24 bits per heavy atom. The van der Waals surface area contributed by atoms with Gasteiger partial charge in [-0.15, -0.1) is 0 Å². The van der Waals surface area contributed by atoms with Crippen molar-refractivity contribution in [1.82, 2.24) is 0 Å². The summed E-state index contributed by atoms with van der Waals surface area (Å²) in [7, 11) is 0. The highest BCUT2D eigenvalue weighted by molar-refractivity contribution is 5.85.